The van der Waals surface area contributed by atoms with Crippen LogP contribution in [0.1, 0.15) is 19.3 Å². The van der Waals surface area contributed by atoms with Gasteiger partial charge in [-0.2, -0.15) is 5.10 Å². The molecule has 0 radical (unpaired) electrons. The summed E-state index contributed by atoms with van der Waals surface area (Å²) in [6, 6.07) is 0.0140. The average Bonchev–Trinajstić information content (AvgIpc) is 2.99. The third-order valence-corrected chi connectivity index (χ3v) is 4.38. The number of anilines is 1. The Kier molecular flexibility index (Phi) is 5.02. The molecule has 0 spiro atoms. The number of amides is 1. The van der Waals surface area contributed by atoms with E-state index >= 15 is 0 Å². The predicted molar refractivity (Wildman–Crippen MR) is 83.9 cm³/mol. The maximum absolute atomic E-state index is 11.9. The minimum atomic E-state index is -0.428. The zero-order valence-electron chi connectivity index (χ0n) is 12.6. The Labute approximate surface area is 138 Å². The second-order valence-electron chi connectivity index (χ2n) is 5.72. The number of H-pyrrole nitrogens is 1. The standard InChI is InChI=1S/C14H19ClN4O4/c15-12-11(6-16-18-13(12)20)19-4-3-10(7-19)23-14(21)17-9-2-1-5-22-8-9/h6,9-10H,1-5,7-8H2,(H,17,21)(H,18,20). The molecule has 3 rings (SSSR count). The fraction of sp³-hybridized carbons (Fsp3) is 0.643. The molecule has 1 amide bonds. The van der Waals surface area contributed by atoms with Gasteiger partial charge in [-0.15, -0.1) is 0 Å². The summed E-state index contributed by atoms with van der Waals surface area (Å²) < 4.78 is 10.8. The van der Waals surface area contributed by atoms with Gasteiger partial charge in [-0.05, 0) is 12.8 Å². The molecule has 0 saturated carbocycles. The Balaban J connectivity index is 1.52. The minimum absolute atomic E-state index is 0.0140. The number of hydrogen-bond acceptors (Lipinski definition) is 6. The van der Waals surface area contributed by atoms with Crippen LogP contribution in [0.2, 0.25) is 5.02 Å². The van der Waals surface area contributed by atoms with Gasteiger partial charge in [-0.25, -0.2) is 9.89 Å². The van der Waals surface area contributed by atoms with Crippen molar-refractivity contribution in [2.24, 2.45) is 0 Å². The van der Waals surface area contributed by atoms with Gasteiger partial charge in [0.05, 0.1) is 31.1 Å². The van der Waals surface area contributed by atoms with E-state index in [9.17, 15) is 9.59 Å². The van der Waals surface area contributed by atoms with Gasteiger partial charge < -0.3 is 19.7 Å². The third kappa shape index (κ3) is 3.94. The van der Waals surface area contributed by atoms with E-state index in [0.717, 1.165) is 19.4 Å². The summed E-state index contributed by atoms with van der Waals surface area (Å²) >= 11 is 6.00. The van der Waals surface area contributed by atoms with E-state index in [2.05, 4.69) is 15.5 Å². The van der Waals surface area contributed by atoms with E-state index in [0.29, 0.717) is 31.8 Å². The predicted octanol–water partition coefficient (Wildman–Crippen LogP) is 0.907. The first-order valence-electron chi connectivity index (χ1n) is 7.66. The van der Waals surface area contributed by atoms with Gasteiger partial charge in [0.25, 0.3) is 5.56 Å². The summed E-state index contributed by atoms with van der Waals surface area (Å²) in [5.74, 6) is 0. The van der Waals surface area contributed by atoms with Crippen LogP contribution in [0.3, 0.4) is 0 Å². The Morgan fingerprint density at radius 3 is 3.17 bits per heavy atom. The monoisotopic (exact) mass is 342 g/mol. The van der Waals surface area contributed by atoms with Gasteiger partial charge in [0, 0.05) is 19.6 Å². The molecule has 0 aliphatic carbocycles. The van der Waals surface area contributed by atoms with Crippen LogP contribution >= 0.6 is 11.6 Å². The lowest BCUT2D eigenvalue weighted by molar-refractivity contribution is 0.0587. The highest BCUT2D eigenvalue weighted by atomic mass is 35.5. The van der Waals surface area contributed by atoms with E-state index in [1.54, 1.807) is 0 Å². The Morgan fingerprint density at radius 1 is 1.52 bits per heavy atom. The zero-order valence-corrected chi connectivity index (χ0v) is 13.3. The number of carbonyl (C=O) groups is 1. The van der Waals surface area contributed by atoms with Crippen LogP contribution in [0.5, 0.6) is 0 Å². The van der Waals surface area contributed by atoms with Gasteiger partial charge >= 0.3 is 6.09 Å². The molecule has 2 aliphatic heterocycles. The van der Waals surface area contributed by atoms with Crippen LogP contribution < -0.4 is 15.8 Å². The molecular formula is C14H19ClN4O4. The molecule has 0 aromatic carbocycles. The highest BCUT2D eigenvalue weighted by Gasteiger charge is 2.28. The van der Waals surface area contributed by atoms with Crippen molar-refractivity contribution in [1.29, 1.82) is 0 Å². The molecule has 2 N–H and O–H groups in total. The number of rotatable bonds is 3. The lowest BCUT2D eigenvalue weighted by Gasteiger charge is -2.24. The van der Waals surface area contributed by atoms with Crippen molar-refractivity contribution in [1.82, 2.24) is 15.5 Å². The van der Waals surface area contributed by atoms with Crippen molar-refractivity contribution >= 4 is 23.4 Å². The first kappa shape index (κ1) is 16.1. The van der Waals surface area contributed by atoms with E-state index in [4.69, 9.17) is 21.1 Å². The van der Waals surface area contributed by atoms with Crippen LogP contribution in [-0.2, 0) is 9.47 Å². The molecule has 8 nitrogen and oxygen atoms in total. The molecule has 0 bridgehead atoms. The fourth-order valence-electron chi connectivity index (χ4n) is 2.84. The normalized spacial score (nSPS) is 24.5. The molecule has 9 heteroatoms. The van der Waals surface area contributed by atoms with Crippen molar-refractivity contribution in [3.8, 4) is 0 Å². The van der Waals surface area contributed by atoms with E-state index in [1.165, 1.54) is 6.20 Å². The summed E-state index contributed by atoms with van der Waals surface area (Å²) in [6.07, 6.45) is 3.36. The third-order valence-electron chi connectivity index (χ3n) is 4.02. The van der Waals surface area contributed by atoms with Crippen molar-refractivity contribution < 1.29 is 14.3 Å². The summed E-state index contributed by atoms with van der Waals surface area (Å²) in [4.78, 5) is 25.3. The molecule has 2 fully saturated rings. The van der Waals surface area contributed by atoms with Crippen molar-refractivity contribution in [3.05, 3.63) is 21.6 Å². The molecule has 3 heterocycles. The van der Waals surface area contributed by atoms with Crippen LogP contribution in [-0.4, -0.2) is 54.7 Å². The highest BCUT2D eigenvalue weighted by Crippen LogP contribution is 2.25. The minimum Gasteiger partial charge on any atom is -0.444 e. The number of nitrogens with one attached hydrogen (secondary N) is 2. The lowest BCUT2D eigenvalue weighted by Crippen LogP contribution is -2.42. The number of carbonyl (C=O) groups excluding carboxylic acids is 1. The van der Waals surface area contributed by atoms with E-state index in [1.807, 2.05) is 4.90 Å². The summed E-state index contributed by atoms with van der Waals surface area (Å²) in [5, 5.41) is 8.96. The molecule has 1 aromatic rings. The summed E-state index contributed by atoms with van der Waals surface area (Å²) in [6.45, 7) is 2.41. The topological polar surface area (TPSA) is 96.6 Å². The van der Waals surface area contributed by atoms with Crippen molar-refractivity contribution in [2.75, 3.05) is 31.2 Å². The highest BCUT2D eigenvalue weighted by molar-refractivity contribution is 6.33. The van der Waals surface area contributed by atoms with Gasteiger partial charge in [0.15, 0.2) is 0 Å². The first-order chi connectivity index (χ1) is 11.1. The number of ether oxygens (including phenoxy) is 2. The van der Waals surface area contributed by atoms with Crippen LogP contribution in [0.25, 0.3) is 0 Å². The number of aromatic amines is 1. The number of hydrogen-bond donors (Lipinski definition) is 2. The van der Waals surface area contributed by atoms with Crippen LogP contribution in [0.4, 0.5) is 10.5 Å². The van der Waals surface area contributed by atoms with Crippen molar-refractivity contribution in [2.45, 2.75) is 31.4 Å². The first-order valence-corrected chi connectivity index (χ1v) is 8.04. The molecule has 2 saturated heterocycles. The Hall–Kier alpha value is -1.80. The largest absolute Gasteiger partial charge is 0.444 e. The molecule has 2 aliphatic rings. The van der Waals surface area contributed by atoms with Crippen molar-refractivity contribution in [3.63, 3.8) is 0 Å². The molecule has 126 valence electrons. The summed E-state index contributed by atoms with van der Waals surface area (Å²) in [7, 11) is 0. The van der Waals surface area contributed by atoms with Gasteiger partial charge in [0.2, 0.25) is 0 Å². The summed E-state index contributed by atoms with van der Waals surface area (Å²) in [5.41, 5.74) is 0.131. The number of alkyl carbamates (subject to hydrolysis) is 1. The molecule has 2 unspecified atom stereocenters. The maximum Gasteiger partial charge on any atom is 0.407 e. The number of halogens is 1. The van der Waals surface area contributed by atoms with Gasteiger partial charge in [-0.1, -0.05) is 11.6 Å². The smallest absolute Gasteiger partial charge is 0.407 e. The Bertz CT molecular complexity index is 617. The maximum atomic E-state index is 11.9. The zero-order chi connectivity index (χ0) is 16.2. The molecule has 1 aromatic heterocycles. The second-order valence-corrected chi connectivity index (χ2v) is 6.10. The van der Waals surface area contributed by atoms with E-state index < -0.39 is 11.7 Å². The second kappa shape index (κ2) is 7.18. The molecule has 23 heavy (non-hydrogen) atoms. The number of aromatic nitrogens is 2. The lowest BCUT2D eigenvalue weighted by atomic mass is 10.1. The Morgan fingerprint density at radius 2 is 2.39 bits per heavy atom. The quantitative estimate of drug-likeness (QED) is 0.847. The van der Waals surface area contributed by atoms with Gasteiger partial charge in [0.1, 0.15) is 11.1 Å². The fourth-order valence-corrected chi connectivity index (χ4v) is 3.05. The van der Waals surface area contributed by atoms with E-state index in [-0.39, 0.29) is 17.2 Å². The average molecular weight is 343 g/mol. The SMILES string of the molecule is O=C(NC1CCCOC1)OC1CCN(c2cn[nH]c(=O)c2Cl)C1. The molecular weight excluding hydrogens is 324 g/mol. The molecule has 2 atom stereocenters. The van der Waals surface area contributed by atoms with Crippen LogP contribution in [0.15, 0.2) is 11.0 Å². The van der Waals surface area contributed by atoms with Crippen LogP contribution in [0, 0.1) is 0 Å². The number of nitrogens with zero attached hydrogens (tertiary/aromatic N) is 2. The van der Waals surface area contributed by atoms with Gasteiger partial charge in [-0.3, -0.25) is 4.79 Å².